The van der Waals surface area contributed by atoms with Gasteiger partial charge >= 0.3 is 0 Å². The minimum Gasteiger partial charge on any atom is -0.258 e. The van der Waals surface area contributed by atoms with E-state index in [2.05, 4.69) is 0 Å². The SMILES string of the molecule is O=[N+]([O-])c1cccc(CS(=O)(=O)Cc2cccc([N+](=O)[O-])c2)c1. The standard InChI is InChI=1S/C14H12N2O6S/c17-15(18)13-5-1-3-11(7-13)9-23(21,22)10-12-4-2-6-14(8-12)16(19)20/h1-8H,9-10H2. The van der Waals surface area contributed by atoms with Crippen LogP contribution < -0.4 is 0 Å². The van der Waals surface area contributed by atoms with E-state index in [4.69, 9.17) is 0 Å². The van der Waals surface area contributed by atoms with Crippen molar-refractivity contribution in [1.82, 2.24) is 0 Å². The van der Waals surface area contributed by atoms with Crippen molar-refractivity contribution in [3.63, 3.8) is 0 Å². The molecule has 23 heavy (non-hydrogen) atoms. The van der Waals surface area contributed by atoms with Gasteiger partial charge < -0.3 is 0 Å². The van der Waals surface area contributed by atoms with Gasteiger partial charge in [0.25, 0.3) is 11.4 Å². The molecule has 0 saturated heterocycles. The first-order valence-corrected chi connectivity index (χ1v) is 8.26. The fourth-order valence-electron chi connectivity index (χ4n) is 2.08. The maximum atomic E-state index is 12.2. The number of rotatable bonds is 6. The Hall–Kier alpha value is -2.81. The third-order valence-corrected chi connectivity index (χ3v) is 4.56. The van der Waals surface area contributed by atoms with E-state index >= 15 is 0 Å². The largest absolute Gasteiger partial charge is 0.269 e. The summed E-state index contributed by atoms with van der Waals surface area (Å²) in [5, 5.41) is 21.4. The Morgan fingerprint density at radius 1 is 0.783 bits per heavy atom. The van der Waals surface area contributed by atoms with Crippen LogP contribution in [0.4, 0.5) is 11.4 Å². The third kappa shape index (κ3) is 4.58. The van der Waals surface area contributed by atoms with Gasteiger partial charge in [-0.1, -0.05) is 24.3 Å². The fraction of sp³-hybridized carbons (Fsp3) is 0.143. The molecular formula is C14H12N2O6S. The molecule has 0 aliphatic rings. The zero-order chi connectivity index (χ0) is 17.0. The Labute approximate surface area is 131 Å². The number of non-ortho nitro benzene ring substituents is 2. The van der Waals surface area contributed by atoms with Crippen LogP contribution in [0.1, 0.15) is 11.1 Å². The predicted molar refractivity (Wildman–Crippen MR) is 82.5 cm³/mol. The Balaban J connectivity index is 2.19. The van der Waals surface area contributed by atoms with Gasteiger partial charge in [0.15, 0.2) is 9.84 Å². The van der Waals surface area contributed by atoms with E-state index in [-0.39, 0.29) is 22.9 Å². The summed E-state index contributed by atoms with van der Waals surface area (Å²) in [7, 11) is -3.62. The van der Waals surface area contributed by atoms with Gasteiger partial charge in [0.05, 0.1) is 21.4 Å². The normalized spacial score (nSPS) is 11.1. The minimum atomic E-state index is -3.62. The number of nitrogens with zero attached hydrogens (tertiary/aromatic N) is 2. The van der Waals surface area contributed by atoms with Crippen molar-refractivity contribution in [2.24, 2.45) is 0 Å². The zero-order valence-electron chi connectivity index (χ0n) is 11.8. The van der Waals surface area contributed by atoms with Crippen LogP contribution in [-0.2, 0) is 21.3 Å². The van der Waals surface area contributed by atoms with Crippen LogP contribution in [0.25, 0.3) is 0 Å². The third-order valence-electron chi connectivity index (χ3n) is 3.02. The summed E-state index contributed by atoms with van der Waals surface area (Å²) < 4.78 is 24.4. The molecule has 2 aromatic carbocycles. The lowest BCUT2D eigenvalue weighted by atomic mass is 10.2. The van der Waals surface area contributed by atoms with Crippen molar-refractivity contribution in [2.45, 2.75) is 11.5 Å². The van der Waals surface area contributed by atoms with E-state index in [9.17, 15) is 28.6 Å². The molecule has 0 aromatic heterocycles. The smallest absolute Gasteiger partial charge is 0.258 e. The van der Waals surface area contributed by atoms with Crippen LogP contribution in [0.2, 0.25) is 0 Å². The van der Waals surface area contributed by atoms with Crippen LogP contribution in [0.3, 0.4) is 0 Å². The van der Waals surface area contributed by atoms with Crippen molar-refractivity contribution in [3.05, 3.63) is 79.9 Å². The average molecular weight is 336 g/mol. The maximum Gasteiger partial charge on any atom is 0.269 e. The van der Waals surface area contributed by atoms with Crippen molar-refractivity contribution < 1.29 is 18.3 Å². The van der Waals surface area contributed by atoms with Crippen molar-refractivity contribution in [3.8, 4) is 0 Å². The van der Waals surface area contributed by atoms with Crippen molar-refractivity contribution in [1.29, 1.82) is 0 Å². The second kappa shape index (κ2) is 6.53. The van der Waals surface area contributed by atoms with Gasteiger partial charge in [0, 0.05) is 24.3 Å². The second-order valence-electron chi connectivity index (χ2n) is 4.89. The van der Waals surface area contributed by atoms with Gasteiger partial charge in [-0.2, -0.15) is 0 Å². The fourth-order valence-corrected chi connectivity index (χ4v) is 3.56. The molecule has 0 aliphatic carbocycles. The summed E-state index contributed by atoms with van der Waals surface area (Å²) in [4.78, 5) is 20.2. The molecule has 0 saturated carbocycles. The molecule has 0 N–H and O–H groups in total. The Kier molecular flexibility index (Phi) is 4.70. The molecule has 0 spiro atoms. The lowest BCUT2D eigenvalue weighted by molar-refractivity contribution is -0.385. The molecule has 2 rings (SSSR count). The molecule has 120 valence electrons. The number of nitro groups is 2. The van der Waals surface area contributed by atoms with E-state index in [1.807, 2.05) is 0 Å². The summed E-state index contributed by atoms with van der Waals surface area (Å²) in [6.07, 6.45) is 0. The second-order valence-corrected chi connectivity index (χ2v) is 6.95. The molecule has 2 aromatic rings. The van der Waals surface area contributed by atoms with E-state index in [0.717, 1.165) is 0 Å². The van der Waals surface area contributed by atoms with Gasteiger partial charge in [0.2, 0.25) is 0 Å². The zero-order valence-corrected chi connectivity index (χ0v) is 12.6. The minimum absolute atomic E-state index is 0.187. The van der Waals surface area contributed by atoms with Crippen LogP contribution in [0.5, 0.6) is 0 Å². The first kappa shape index (κ1) is 16.6. The summed E-state index contributed by atoms with van der Waals surface area (Å²) in [6.45, 7) is 0. The van der Waals surface area contributed by atoms with Gasteiger partial charge in [-0.15, -0.1) is 0 Å². The maximum absolute atomic E-state index is 12.2. The molecule has 0 radical (unpaired) electrons. The Morgan fingerprint density at radius 3 is 1.52 bits per heavy atom. The summed E-state index contributed by atoms with van der Waals surface area (Å²) in [5.74, 6) is -0.755. The van der Waals surface area contributed by atoms with Crippen molar-refractivity contribution in [2.75, 3.05) is 0 Å². The molecule has 0 heterocycles. The summed E-state index contributed by atoms with van der Waals surface area (Å²) >= 11 is 0. The highest BCUT2D eigenvalue weighted by Crippen LogP contribution is 2.19. The molecule has 8 nitrogen and oxygen atoms in total. The molecule has 0 unspecified atom stereocenters. The van der Waals surface area contributed by atoms with E-state index < -0.39 is 19.7 Å². The quantitative estimate of drug-likeness (QED) is 0.590. The monoisotopic (exact) mass is 336 g/mol. The molecule has 0 amide bonds. The molecular weight excluding hydrogens is 324 g/mol. The van der Waals surface area contributed by atoms with E-state index in [1.165, 1.54) is 48.5 Å². The molecule has 0 bridgehead atoms. The first-order chi connectivity index (χ1) is 10.8. The molecule has 0 fully saturated rings. The number of nitro benzene ring substituents is 2. The van der Waals surface area contributed by atoms with Gasteiger partial charge in [-0.3, -0.25) is 20.2 Å². The topological polar surface area (TPSA) is 120 Å². The van der Waals surface area contributed by atoms with Gasteiger partial charge in [-0.25, -0.2) is 8.42 Å². The lowest BCUT2D eigenvalue weighted by Crippen LogP contribution is -2.08. The lowest BCUT2D eigenvalue weighted by Gasteiger charge is -2.05. The number of benzene rings is 2. The number of sulfone groups is 1. The van der Waals surface area contributed by atoms with Crippen LogP contribution >= 0.6 is 0 Å². The average Bonchev–Trinajstić information content (AvgIpc) is 2.46. The molecule has 9 heteroatoms. The van der Waals surface area contributed by atoms with Crippen LogP contribution in [-0.4, -0.2) is 18.3 Å². The predicted octanol–water partition coefficient (Wildman–Crippen LogP) is 2.62. The van der Waals surface area contributed by atoms with E-state index in [1.54, 1.807) is 0 Å². The highest BCUT2D eigenvalue weighted by Gasteiger charge is 2.17. The summed E-state index contributed by atoms with van der Waals surface area (Å²) in [5.41, 5.74) is 0.218. The van der Waals surface area contributed by atoms with Gasteiger partial charge in [-0.05, 0) is 11.1 Å². The number of hydrogen-bond donors (Lipinski definition) is 0. The van der Waals surface area contributed by atoms with Gasteiger partial charge in [0.1, 0.15) is 0 Å². The molecule has 0 aliphatic heterocycles. The Morgan fingerprint density at radius 2 is 1.17 bits per heavy atom. The molecule has 0 atom stereocenters. The Bertz CT molecular complexity index is 798. The van der Waals surface area contributed by atoms with E-state index in [0.29, 0.717) is 11.1 Å². The highest BCUT2D eigenvalue weighted by atomic mass is 32.2. The first-order valence-electron chi connectivity index (χ1n) is 6.44. The highest BCUT2D eigenvalue weighted by molar-refractivity contribution is 7.89. The number of hydrogen-bond acceptors (Lipinski definition) is 6. The van der Waals surface area contributed by atoms with Crippen molar-refractivity contribution >= 4 is 21.2 Å². The van der Waals surface area contributed by atoms with Crippen LogP contribution in [0, 0.1) is 20.2 Å². The summed E-state index contributed by atoms with van der Waals surface area (Å²) in [6, 6.07) is 10.7. The van der Waals surface area contributed by atoms with Crippen LogP contribution in [0.15, 0.2) is 48.5 Å².